The van der Waals surface area contributed by atoms with Crippen molar-refractivity contribution in [3.63, 3.8) is 0 Å². The molecule has 1 aliphatic heterocycles. The number of thiazole rings is 1. The largest absolute Gasteiger partial charge is 0.497 e. The Kier molecular flexibility index (Phi) is 8.28. The molecule has 0 unspecified atom stereocenters. The lowest BCUT2D eigenvalue weighted by Crippen LogP contribution is -2.40. The first kappa shape index (κ1) is 32.3. The van der Waals surface area contributed by atoms with Gasteiger partial charge in [-0.05, 0) is 71.3 Å². The molecule has 0 amide bonds. The maximum atomic E-state index is 14.7. The molecule has 7 aromatic rings. The number of methoxy groups -OCH3 is 2. The molecule has 8 rings (SSSR count). The summed E-state index contributed by atoms with van der Waals surface area (Å²) >= 11 is 1.30. The Balaban J connectivity index is 1.34. The molecule has 2 aromatic heterocycles. The fourth-order valence-electron chi connectivity index (χ4n) is 7.23. The molecule has 0 fully saturated rings. The van der Waals surface area contributed by atoms with Crippen LogP contribution in [0.5, 0.6) is 11.5 Å². The van der Waals surface area contributed by atoms with Gasteiger partial charge in [0.15, 0.2) is 4.80 Å². The number of ether oxygens (including phenoxy) is 3. The molecule has 5 aromatic carbocycles. The van der Waals surface area contributed by atoms with Crippen molar-refractivity contribution in [1.82, 2.24) is 9.13 Å². The molecule has 0 radical (unpaired) electrons. The van der Waals surface area contributed by atoms with Crippen LogP contribution in [0, 0.1) is 0 Å². The summed E-state index contributed by atoms with van der Waals surface area (Å²) in [5.74, 6) is 0.641. The van der Waals surface area contributed by atoms with Crippen molar-refractivity contribution in [2.75, 3.05) is 20.8 Å². The average Bonchev–Trinajstić information content (AvgIpc) is 3.65. The zero-order valence-electron chi connectivity index (χ0n) is 28.7. The number of benzene rings is 5. The Bertz CT molecular complexity index is 2720. The third-order valence-corrected chi connectivity index (χ3v) is 10.6. The monoisotopic (exact) mass is 693 g/mol. The van der Waals surface area contributed by atoms with E-state index in [2.05, 4.69) is 65.4 Å². The summed E-state index contributed by atoms with van der Waals surface area (Å²) in [5, 5.41) is 5.14. The van der Waals surface area contributed by atoms with Gasteiger partial charge in [0.25, 0.3) is 5.56 Å². The molecule has 254 valence electrons. The second-order valence-electron chi connectivity index (χ2n) is 12.4. The zero-order chi connectivity index (χ0) is 35.2. The third kappa shape index (κ3) is 5.50. The summed E-state index contributed by atoms with van der Waals surface area (Å²) < 4.78 is 21.4. The predicted octanol–water partition coefficient (Wildman–Crippen LogP) is 7.12. The quantitative estimate of drug-likeness (QED) is 0.158. The first-order chi connectivity index (χ1) is 24.9. The Hall–Kier alpha value is -5.93. The minimum absolute atomic E-state index is 0.177. The molecule has 9 heteroatoms. The van der Waals surface area contributed by atoms with Crippen LogP contribution >= 0.6 is 11.3 Å². The van der Waals surface area contributed by atoms with Gasteiger partial charge in [-0.3, -0.25) is 9.36 Å². The lowest BCUT2D eigenvalue weighted by atomic mass is 9.90. The fourth-order valence-corrected chi connectivity index (χ4v) is 8.27. The van der Waals surface area contributed by atoms with Crippen LogP contribution in [0.2, 0.25) is 0 Å². The third-order valence-electron chi connectivity index (χ3n) is 9.57. The number of hydrogen-bond acceptors (Lipinski definition) is 7. The van der Waals surface area contributed by atoms with Gasteiger partial charge in [-0.2, -0.15) is 0 Å². The Morgan fingerprint density at radius 1 is 0.882 bits per heavy atom. The lowest BCUT2D eigenvalue weighted by molar-refractivity contribution is -0.139. The van der Waals surface area contributed by atoms with E-state index < -0.39 is 12.0 Å². The van der Waals surface area contributed by atoms with E-state index in [9.17, 15) is 9.59 Å². The van der Waals surface area contributed by atoms with Crippen LogP contribution < -0.4 is 24.4 Å². The second-order valence-corrected chi connectivity index (χ2v) is 13.4. The summed E-state index contributed by atoms with van der Waals surface area (Å²) in [6, 6.07) is 31.7. The second kappa shape index (κ2) is 13.1. The van der Waals surface area contributed by atoms with Crippen molar-refractivity contribution < 1.29 is 19.0 Å². The van der Waals surface area contributed by atoms with Crippen molar-refractivity contribution in [3.05, 3.63) is 151 Å². The number of allylic oxidation sites excluding steroid dienone is 1. The Morgan fingerprint density at radius 3 is 2.43 bits per heavy atom. The van der Waals surface area contributed by atoms with Gasteiger partial charge in [-0.15, -0.1) is 0 Å². The van der Waals surface area contributed by atoms with Gasteiger partial charge in [-0.25, -0.2) is 9.79 Å². The number of para-hydroxylation sites is 1. The summed E-state index contributed by atoms with van der Waals surface area (Å²) in [4.78, 5) is 33.7. The molecule has 0 saturated carbocycles. The first-order valence-electron chi connectivity index (χ1n) is 16.8. The molecule has 8 nitrogen and oxygen atoms in total. The predicted molar refractivity (Wildman–Crippen MR) is 202 cm³/mol. The lowest BCUT2D eigenvalue weighted by Gasteiger charge is -2.27. The number of esters is 1. The normalized spacial score (nSPS) is 14.6. The highest BCUT2D eigenvalue weighted by molar-refractivity contribution is 7.07. The summed E-state index contributed by atoms with van der Waals surface area (Å²) in [7, 11) is 3.19. The number of nitrogens with zero attached hydrogens (tertiary/aromatic N) is 3. The highest BCUT2D eigenvalue weighted by Crippen LogP contribution is 2.41. The van der Waals surface area contributed by atoms with Crippen molar-refractivity contribution in [2.45, 2.75) is 26.4 Å². The van der Waals surface area contributed by atoms with Crippen LogP contribution in [0.3, 0.4) is 0 Å². The van der Waals surface area contributed by atoms with Crippen LogP contribution in [0.25, 0.3) is 38.5 Å². The molecule has 0 spiro atoms. The maximum Gasteiger partial charge on any atom is 0.338 e. The van der Waals surface area contributed by atoms with Gasteiger partial charge in [0.2, 0.25) is 0 Å². The molecule has 0 saturated heterocycles. The molecule has 51 heavy (non-hydrogen) atoms. The number of fused-ring (bicyclic) bond motifs is 4. The SMILES string of the molecule is CCOC(=O)C1=C(C)N=c2s/c(=C\c3cn(Cc4cccc5ccccc45)c4ccccc34)c(=O)n2[C@H]1c1c(OC)ccc2ccc(OC)cc12. The highest BCUT2D eigenvalue weighted by atomic mass is 32.1. The molecule has 1 atom stereocenters. The Labute approximate surface area is 297 Å². The van der Waals surface area contributed by atoms with E-state index >= 15 is 0 Å². The van der Waals surface area contributed by atoms with Crippen molar-refractivity contribution in [3.8, 4) is 11.5 Å². The minimum atomic E-state index is -0.860. The first-order valence-corrected chi connectivity index (χ1v) is 17.6. The van der Waals surface area contributed by atoms with E-state index in [1.165, 1.54) is 27.7 Å². The summed E-state index contributed by atoms with van der Waals surface area (Å²) in [5.41, 5.74) is 4.37. The van der Waals surface area contributed by atoms with E-state index in [0.717, 1.165) is 27.2 Å². The van der Waals surface area contributed by atoms with E-state index in [4.69, 9.17) is 19.2 Å². The number of aromatic nitrogens is 2. The van der Waals surface area contributed by atoms with Crippen LogP contribution in [0.15, 0.2) is 124 Å². The van der Waals surface area contributed by atoms with Gasteiger partial charge >= 0.3 is 5.97 Å². The smallest absolute Gasteiger partial charge is 0.338 e. The summed E-state index contributed by atoms with van der Waals surface area (Å²) in [6.45, 7) is 4.40. The van der Waals surface area contributed by atoms with Crippen molar-refractivity contribution >= 4 is 55.8 Å². The van der Waals surface area contributed by atoms with Gasteiger partial charge in [0.05, 0.1) is 36.6 Å². The van der Waals surface area contributed by atoms with Crippen LogP contribution in [0.1, 0.15) is 36.6 Å². The molecule has 0 N–H and O–H groups in total. The zero-order valence-corrected chi connectivity index (χ0v) is 29.5. The average molecular weight is 694 g/mol. The standard InChI is InChI=1S/C42H35N3O5S/c1-5-50-41(47)37-25(2)43-42-45(39(37)38-33-22-30(48-3)19-17-27(33)18-20-35(38)49-4)40(46)36(51-42)21-29-24-44(34-16-9-8-15-32(29)34)23-28-13-10-12-26-11-6-7-14-31(26)28/h6-22,24,39H,5,23H2,1-4H3/b36-21-/t39-/m1/s1. The molecule has 0 bridgehead atoms. The topological polar surface area (TPSA) is 84.1 Å². The number of rotatable bonds is 8. The highest BCUT2D eigenvalue weighted by Gasteiger charge is 2.36. The molecule has 1 aliphatic rings. The van der Waals surface area contributed by atoms with E-state index in [1.54, 1.807) is 32.6 Å². The fraction of sp³-hybridized carbons (Fsp3) is 0.167. The van der Waals surface area contributed by atoms with E-state index in [1.807, 2.05) is 48.5 Å². The Morgan fingerprint density at radius 2 is 1.63 bits per heavy atom. The number of carbonyl (C=O) groups excluding carboxylic acids is 1. The molecular formula is C42H35N3O5S. The summed E-state index contributed by atoms with van der Waals surface area (Å²) in [6.07, 6.45) is 4.05. The van der Waals surface area contributed by atoms with Crippen LogP contribution in [-0.2, 0) is 16.1 Å². The number of carbonyl (C=O) groups is 1. The number of hydrogen-bond donors (Lipinski definition) is 0. The van der Waals surface area contributed by atoms with Crippen molar-refractivity contribution in [1.29, 1.82) is 0 Å². The van der Waals surface area contributed by atoms with Crippen molar-refractivity contribution in [2.24, 2.45) is 4.99 Å². The van der Waals surface area contributed by atoms with Gasteiger partial charge < -0.3 is 18.8 Å². The minimum Gasteiger partial charge on any atom is -0.497 e. The molecular weight excluding hydrogens is 659 g/mol. The van der Waals surface area contributed by atoms with Gasteiger partial charge in [0.1, 0.15) is 17.5 Å². The van der Waals surface area contributed by atoms with Crippen LogP contribution in [-0.4, -0.2) is 35.9 Å². The van der Waals surface area contributed by atoms with Crippen LogP contribution in [0.4, 0.5) is 0 Å². The molecule has 3 heterocycles. The molecule has 0 aliphatic carbocycles. The van der Waals surface area contributed by atoms with E-state index in [-0.39, 0.29) is 17.7 Å². The van der Waals surface area contributed by atoms with Gasteiger partial charge in [-0.1, -0.05) is 84.1 Å². The van der Waals surface area contributed by atoms with E-state index in [0.29, 0.717) is 38.6 Å². The van der Waals surface area contributed by atoms with Gasteiger partial charge in [0, 0.05) is 34.8 Å². The maximum absolute atomic E-state index is 14.7.